The summed E-state index contributed by atoms with van der Waals surface area (Å²) in [6.45, 7) is 9.20. The Balaban J connectivity index is 1.79. The van der Waals surface area contributed by atoms with Crippen molar-refractivity contribution in [3.8, 4) is 0 Å². The van der Waals surface area contributed by atoms with Crippen LogP contribution in [0, 0.1) is 0 Å². The van der Waals surface area contributed by atoms with Crippen molar-refractivity contribution in [1.29, 1.82) is 0 Å². The molecule has 2 rings (SSSR count). The molecule has 0 radical (unpaired) electrons. The lowest BCUT2D eigenvalue weighted by atomic mass is 9.81. The Kier molecular flexibility index (Phi) is 5.46. The molecule has 1 amide bonds. The van der Waals surface area contributed by atoms with Gasteiger partial charge in [0.2, 0.25) is 0 Å². The highest BCUT2D eigenvalue weighted by molar-refractivity contribution is 5.67. The number of carbonyl (C=O) groups is 1. The number of hydrogen-bond donors (Lipinski definition) is 2. The molecule has 0 heterocycles. The molecule has 0 aliphatic heterocycles. The van der Waals surface area contributed by atoms with E-state index in [2.05, 4.69) is 41.8 Å². The molecule has 0 fully saturated rings. The summed E-state index contributed by atoms with van der Waals surface area (Å²) in [4.78, 5) is 11.6. The third kappa shape index (κ3) is 4.73. The van der Waals surface area contributed by atoms with Crippen molar-refractivity contribution in [3.05, 3.63) is 35.4 Å². The minimum absolute atomic E-state index is 0.355. The molecule has 1 aliphatic carbocycles. The highest BCUT2D eigenvalue weighted by Crippen LogP contribution is 2.36. The lowest BCUT2D eigenvalue weighted by Gasteiger charge is -2.30. The molecule has 0 saturated heterocycles. The van der Waals surface area contributed by atoms with Gasteiger partial charge in [0.05, 0.1) is 0 Å². The molecule has 2 unspecified atom stereocenters. The first-order chi connectivity index (χ1) is 10.4. The number of amides is 1. The van der Waals surface area contributed by atoms with Crippen molar-refractivity contribution < 1.29 is 9.53 Å². The number of alkyl carbamates (subject to hydrolysis) is 1. The second-order valence-electron chi connectivity index (χ2n) is 7.04. The van der Waals surface area contributed by atoms with Crippen LogP contribution < -0.4 is 10.6 Å². The molecule has 0 saturated carbocycles. The van der Waals surface area contributed by atoms with E-state index in [1.807, 2.05) is 20.8 Å². The van der Waals surface area contributed by atoms with Crippen LogP contribution in [0.5, 0.6) is 0 Å². The smallest absolute Gasteiger partial charge is 0.407 e. The van der Waals surface area contributed by atoms with Crippen LogP contribution in [-0.4, -0.2) is 24.8 Å². The van der Waals surface area contributed by atoms with E-state index in [1.165, 1.54) is 17.5 Å². The fourth-order valence-electron chi connectivity index (χ4n) is 2.94. The predicted octanol–water partition coefficient (Wildman–Crippen LogP) is 3.74. The Morgan fingerprint density at radius 2 is 1.86 bits per heavy atom. The van der Waals surface area contributed by atoms with E-state index in [4.69, 9.17) is 4.74 Å². The van der Waals surface area contributed by atoms with Gasteiger partial charge in [-0.05, 0) is 50.7 Å². The Labute approximate surface area is 133 Å². The molecular weight excluding hydrogens is 276 g/mol. The summed E-state index contributed by atoms with van der Waals surface area (Å²) in [6.07, 6.45) is 1.99. The highest BCUT2D eigenvalue weighted by Gasteiger charge is 2.23. The Morgan fingerprint density at radius 3 is 2.55 bits per heavy atom. The fourth-order valence-corrected chi connectivity index (χ4v) is 2.94. The summed E-state index contributed by atoms with van der Waals surface area (Å²) in [7, 11) is 0. The van der Waals surface area contributed by atoms with Gasteiger partial charge in [0.25, 0.3) is 0 Å². The van der Waals surface area contributed by atoms with Gasteiger partial charge in [-0.3, -0.25) is 0 Å². The predicted molar refractivity (Wildman–Crippen MR) is 89.1 cm³/mol. The molecule has 1 aliphatic rings. The van der Waals surface area contributed by atoms with E-state index in [0.717, 1.165) is 13.0 Å². The van der Waals surface area contributed by atoms with Gasteiger partial charge in [0, 0.05) is 19.1 Å². The number of hydrogen-bond acceptors (Lipinski definition) is 3. The second-order valence-corrected chi connectivity index (χ2v) is 7.04. The van der Waals surface area contributed by atoms with Crippen molar-refractivity contribution >= 4 is 6.09 Å². The first-order valence-electron chi connectivity index (χ1n) is 8.16. The van der Waals surface area contributed by atoms with Crippen molar-refractivity contribution in [2.75, 3.05) is 13.1 Å². The third-order valence-electron chi connectivity index (χ3n) is 3.97. The summed E-state index contributed by atoms with van der Waals surface area (Å²) in [6, 6.07) is 9.04. The van der Waals surface area contributed by atoms with Gasteiger partial charge >= 0.3 is 6.09 Å². The number of nitrogens with one attached hydrogen (secondary N) is 2. The summed E-state index contributed by atoms with van der Waals surface area (Å²) in [5.74, 6) is 0.633. The molecule has 22 heavy (non-hydrogen) atoms. The van der Waals surface area contributed by atoms with Crippen molar-refractivity contribution in [3.63, 3.8) is 0 Å². The zero-order valence-electron chi connectivity index (χ0n) is 14.1. The van der Waals surface area contributed by atoms with E-state index in [-0.39, 0.29) is 6.09 Å². The standard InChI is InChI=1S/C18H28N2O2/c1-13-9-10-16(15-8-6-5-7-14(13)15)19-11-12-20-17(21)22-18(2,3)4/h5-8,13,16,19H,9-12H2,1-4H3,(H,20,21). The lowest BCUT2D eigenvalue weighted by Crippen LogP contribution is -2.37. The van der Waals surface area contributed by atoms with Crippen LogP contribution >= 0.6 is 0 Å². The van der Waals surface area contributed by atoms with Crippen molar-refractivity contribution in [2.24, 2.45) is 0 Å². The maximum atomic E-state index is 11.6. The molecule has 122 valence electrons. The van der Waals surface area contributed by atoms with Crippen LogP contribution in [0.4, 0.5) is 4.79 Å². The summed E-state index contributed by atoms with van der Waals surface area (Å²) < 4.78 is 5.22. The molecule has 1 aromatic rings. The Hall–Kier alpha value is -1.55. The molecule has 2 atom stereocenters. The maximum Gasteiger partial charge on any atom is 0.407 e. The minimum atomic E-state index is -0.448. The maximum absolute atomic E-state index is 11.6. The van der Waals surface area contributed by atoms with Gasteiger partial charge in [-0.15, -0.1) is 0 Å². The van der Waals surface area contributed by atoms with Crippen LogP contribution in [0.25, 0.3) is 0 Å². The van der Waals surface area contributed by atoms with Gasteiger partial charge in [0.15, 0.2) is 0 Å². The van der Waals surface area contributed by atoms with Crippen molar-refractivity contribution in [2.45, 2.75) is 58.1 Å². The zero-order valence-corrected chi connectivity index (χ0v) is 14.1. The summed E-state index contributed by atoms with van der Waals surface area (Å²) in [5.41, 5.74) is 2.40. The lowest BCUT2D eigenvalue weighted by molar-refractivity contribution is 0.0528. The monoisotopic (exact) mass is 304 g/mol. The van der Waals surface area contributed by atoms with Crippen LogP contribution in [0.3, 0.4) is 0 Å². The van der Waals surface area contributed by atoms with Gasteiger partial charge in [-0.1, -0.05) is 31.2 Å². The SMILES string of the molecule is CC1CCC(NCCNC(=O)OC(C)(C)C)c2ccccc21. The molecule has 4 nitrogen and oxygen atoms in total. The summed E-state index contributed by atoms with van der Waals surface area (Å²) in [5, 5.41) is 6.33. The highest BCUT2D eigenvalue weighted by atomic mass is 16.6. The first-order valence-corrected chi connectivity index (χ1v) is 8.16. The average Bonchev–Trinajstić information content (AvgIpc) is 2.44. The normalized spacial score (nSPS) is 21.1. The molecule has 0 bridgehead atoms. The van der Waals surface area contributed by atoms with Gasteiger partial charge < -0.3 is 15.4 Å². The molecule has 2 N–H and O–H groups in total. The van der Waals surface area contributed by atoms with E-state index < -0.39 is 5.60 Å². The van der Waals surface area contributed by atoms with Crippen LogP contribution in [0.15, 0.2) is 24.3 Å². The number of fused-ring (bicyclic) bond motifs is 1. The molecule has 0 spiro atoms. The topological polar surface area (TPSA) is 50.4 Å². The zero-order chi connectivity index (χ0) is 16.2. The largest absolute Gasteiger partial charge is 0.444 e. The number of carbonyl (C=O) groups excluding carboxylic acids is 1. The Morgan fingerprint density at radius 1 is 1.18 bits per heavy atom. The third-order valence-corrected chi connectivity index (χ3v) is 3.97. The summed E-state index contributed by atoms with van der Waals surface area (Å²) >= 11 is 0. The minimum Gasteiger partial charge on any atom is -0.444 e. The second kappa shape index (κ2) is 7.14. The molecule has 4 heteroatoms. The molecule has 0 aromatic heterocycles. The van der Waals surface area contributed by atoms with Crippen LogP contribution in [-0.2, 0) is 4.74 Å². The first kappa shape index (κ1) is 16.8. The Bertz CT molecular complexity index is 508. The number of rotatable bonds is 4. The quantitative estimate of drug-likeness (QED) is 0.833. The molecular formula is C18H28N2O2. The van der Waals surface area contributed by atoms with Gasteiger partial charge in [0.1, 0.15) is 5.60 Å². The number of ether oxygens (including phenoxy) is 1. The van der Waals surface area contributed by atoms with E-state index >= 15 is 0 Å². The van der Waals surface area contributed by atoms with Gasteiger partial charge in [-0.2, -0.15) is 0 Å². The number of benzene rings is 1. The van der Waals surface area contributed by atoms with E-state index in [0.29, 0.717) is 18.5 Å². The van der Waals surface area contributed by atoms with E-state index in [1.54, 1.807) is 0 Å². The van der Waals surface area contributed by atoms with E-state index in [9.17, 15) is 4.79 Å². The van der Waals surface area contributed by atoms with Crippen LogP contribution in [0.1, 0.15) is 63.6 Å². The fraction of sp³-hybridized carbons (Fsp3) is 0.611. The van der Waals surface area contributed by atoms with Crippen LogP contribution in [0.2, 0.25) is 0 Å². The van der Waals surface area contributed by atoms with Crippen molar-refractivity contribution in [1.82, 2.24) is 10.6 Å². The average molecular weight is 304 g/mol. The van der Waals surface area contributed by atoms with Gasteiger partial charge in [-0.25, -0.2) is 4.79 Å². The molecule has 1 aromatic carbocycles.